The summed E-state index contributed by atoms with van der Waals surface area (Å²) in [5.74, 6) is -4.62. The third-order valence-electron chi connectivity index (χ3n) is 3.54. The number of aliphatic carboxylic acids is 2. The Kier molecular flexibility index (Phi) is 8.02. The van der Waals surface area contributed by atoms with E-state index in [-0.39, 0.29) is 19.6 Å². The molecule has 0 saturated heterocycles. The van der Waals surface area contributed by atoms with E-state index in [1.54, 1.807) is 6.92 Å². The number of thioether (sulfide) groups is 1. The zero-order chi connectivity index (χ0) is 20.6. The lowest BCUT2D eigenvalue weighted by Crippen LogP contribution is -2.55. The summed E-state index contributed by atoms with van der Waals surface area (Å²) in [7, 11) is 0. The Labute approximate surface area is 157 Å². The van der Waals surface area contributed by atoms with E-state index in [4.69, 9.17) is 20.4 Å². The highest BCUT2D eigenvalue weighted by molar-refractivity contribution is 8.14. The van der Waals surface area contributed by atoms with Gasteiger partial charge >= 0.3 is 23.3 Å². The predicted molar refractivity (Wildman–Crippen MR) is 92.8 cm³/mol. The summed E-state index contributed by atoms with van der Waals surface area (Å²) in [6.07, 6.45) is 0.705. The van der Waals surface area contributed by atoms with E-state index in [0.29, 0.717) is 18.0 Å². The second-order valence-corrected chi connectivity index (χ2v) is 6.63. The number of carboxylic acids is 2. The highest BCUT2D eigenvalue weighted by atomic mass is 32.2. The second kappa shape index (κ2) is 9.75. The molecule has 1 saturated carbocycles. The number of hydrogen-bond donors (Lipinski definition) is 6. The first kappa shape index (κ1) is 22.2. The van der Waals surface area contributed by atoms with Crippen LogP contribution >= 0.6 is 11.8 Å². The van der Waals surface area contributed by atoms with Crippen LogP contribution < -0.4 is 16.0 Å². The van der Waals surface area contributed by atoms with Crippen molar-refractivity contribution in [3.8, 4) is 0 Å². The Morgan fingerprint density at radius 2 is 1.96 bits per heavy atom. The monoisotopic (exact) mass is 404 g/mol. The first-order valence-corrected chi connectivity index (χ1v) is 8.67. The average Bonchev–Trinajstić information content (AvgIpc) is 3.25. The SMILES string of the molecule is CCOC(=O)S[C@@H]1CC1(NC(=O)NC[C@H](C=N)C(=O)O)C(=O)NCC(=O)O. The Bertz CT molecular complexity index is 643. The molecule has 6 N–H and O–H groups in total. The molecule has 0 aliphatic heterocycles. The van der Waals surface area contributed by atoms with Crippen LogP contribution in [0.15, 0.2) is 0 Å². The summed E-state index contributed by atoms with van der Waals surface area (Å²) in [6, 6.07) is -0.888. The quantitative estimate of drug-likeness (QED) is 0.200. The normalized spacial score (nSPS) is 21.3. The van der Waals surface area contributed by atoms with Crippen molar-refractivity contribution in [2.45, 2.75) is 24.1 Å². The van der Waals surface area contributed by atoms with Gasteiger partial charge < -0.3 is 36.3 Å². The first-order valence-electron chi connectivity index (χ1n) is 7.79. The number of urea groups is 1. The molecule has 27 heavy (non-hydrogen) atoms. The van der Waals surface area contributed by atoms with E-state index in [0.717, 1.165) is 0 Å². The molecule has 0 aromatic heterocycles. The van der Waals surface area contributed by atoms with E-state index in [1.165, 1.54) is 0 Å². The maximum Gasteiger partial charge on any atom is 0.367 e. The van der Waals surface area contributed by atoms with Gasteiger partial charge in [-0.05, 0) is 25.1 Å². The molecule has 13 heteroatoms. The van der Waals surface area contributed by atoms with Gasteiger partial charge in [0.05, 0.1) is 11.9 Å². The van der Waals surface area contributed by atoms with Gasteiger partial charge in [-0.1, -0.05) is 0 Å². The largest absolute Gasteiger partial charge is 0.481 e. The standard InChI is InChI=1S/C14H20N4O8S/c1-2-26-13(25)27-8-3-14(8,11(23)16-6-9(19)20)18-12(24)17-5-7(4-15)10(21)22/h4,7-8,15H,2-3,5-6H2,1H3,(H,16,23)(H,19,20)(H,21,22)(H2,17,18,24)/t7-,8+,14?/m0/s1. The predicted octanol–water partition coefficient (Wildman–Crippen LogP) is -0.762. The van der Waals surface area contributed by atoms with E-state index >= 15 is 0 Å². The van der Waals surface area contributed by atoms with Gasteiger partial charge in [-0.15, -0.1) is 0 Å². The van der Waals surface area contributed by atoms with Crippen molar-refractivity contribution in [2.24, 2.45) is 5.92 Å². The maximum atomic E-state index is 12.3. The van der Waals surface area contributed by atoms with Gasteiger partial charge in [0.1, 0.15) is 18.0 Å². The molecule has 1 aliphatic rings. The summed E-state index contributed by atoms with van der Waals surface area (Å²) in [5, 5.41) is 29.9. The van der Waals surface area contributed by atoms with Gasteiger partial charge in [0, 0.05) is 12.8 Å². The summed E-state index contributed by atoms with van der Waals surface area (Å²) >= 11 is 0.693. The van der Waals surface area contributed by atoms with Crippen LogP contribution in [0.5, 0.6) is 0 Å². The molecular formula is C14H20N4O8S. The molecule has 0 radical (unpaired) electrons. The number of carbonyl (C=O) groups is 5. The zero-order valence-electron chi connectivity index (χ0n) is 14.3. The molecule has 0 aromatic carbocycles. The fourth-order valence-corrected chi connectivity index (χ4v) is 3.18. The van der Waals surface area contributed by atoms with Gasteiger partial charge in [0.15, 0.2) is 0 Å². The van der Waals surface area contributed by atoms with Crippen molar-refractivity contribution >= 4 is 47.2 Å². The van der Waals surface area contributed by atoms with Crippen LogP contribution in [-0.2, 0) is 19.1 Å². The summed E-state index contributed by atoms with van der Waals surface area (Å²) < 4.78 is 4.77. The molecule has 1 unspecified atom stereocenters. The summed E-state index contributed by atoms with van der Waals surface area (Å²) in [4.78, 5) is 57.4. The van der Waals surface area contributed by atoms with Gasteiger partial charge in [-0.2, -0.15) is 0 Å². The highest BCUT2D eigenvalue weighted by Gasteiger charge is 2.63. The van der Waals surface area contributed by atoms with Gasteiger partial charge in [-0.3, -0.25) is 14.4 Å². The molecule has 150 valence electrons. The molecule has 1 fully saturated rings. The van der Waals surface area contributed by atoms with Crippen LogP contribution in [0.2, 0.25) is 0 Å². The number of carbonyl (C=O) groups excluding carboxylic acids is 3. The molecule has 1 aliphatic carbocycles. The lowest BCUT2D eigenvalue weighted by molar-refractivity contribution is -0.139. The van der Waals surface area contributed by atoms with Crippen molar-refractivity contribution in [3.05, 3.63) is 0 Å². The average molecular weight is 404 g/mol. The number of carboxylic acid groups (broad SMARTS) is 2. The molecular weight excluding hydrogens is 384 g/mol. The number of amides is 3. The number of ether oxygens (including phenoxy) is 1. The van der Waals surface area contributed by atoms with Crippen molar-refractivity contribution in [3.63, 3.8) is 0 Å². The molecule has 3 atom stereocenters. The van der Waals surface area contributed by atoms with Crippen molar-refractivity contribution in [1.29, 1.82) is 5.41 Å². The molecule has 12 nitrogen and oxygen atoms in total. The molecule has 0 spiro atoms. The van der Waals surface area contributed by atoms with E-state index in [1.807, 2.05) is 0 Å². The fraction of sp³-hybridized carbons (Fsp3) is 0.571. The summed E-state index contributed by atoms with van der Waals surface area (Å²) in [5.41, 5.74) is -1.53. The Balaban J connectivity index is 2.75. The number of rotatable bonds is 10. The minimum atomic E-state index is -1.53. The molecule has 1 rings (SSSR count). The minimum Gasteiger partial charge on any atom is -0.481 e. The highest BCUT2D eigenvalue weighted by Crippen LogP contribution is 2.46. The third kappa shape index (κ3) is 6.44. The fourth-order valence-electron chi connectivity index (χ4n) is 2.05. The van der Waals surface area contributed by atoms with Crippen LogP contribution in [0.4, 0.5) is 9.59 Å². The van der Waals surface area contributed by atoms with Crippen molar-refractivity contribution in [1.82, 2.24) is 16.0 Å². The Morgan fingerprint density at radius 1 is 1.30 bits per heavy atom. The zero-order valence-corrected chi connectivity index (χ0v) is 15.1. The topological polar surface area (TPSA) is 195 Å². The Hall–Kier alpha value is -2.83. The van der Waals surface area contributed by atoms with Crippen LogP contribution in [0.1, 0.15) is 13.3 Å². The Morgan fingerprint density at radius 3 is 2.48 bits per heavy atom. The molecule has 0 aromatic rings. The smallest absolute Gasteiger partial charge is 0.367 e. The van der Waals surface area contributed by atoms with Crippen LogP contribution in [-0.4, -0.2) is 76.1 Å². The van der Waals surface area contributed by atoms with E-state index < -0.39 is 52.4 Å². The van der Waals surface area contributed by atoms with Crippen molar-refractivity contribution in [2.75, 3.05) is 19.7 Å². The van der Waals surface area contributed by atoms with Crippen LogP contribution in [0.25, 0.3) is 0 Å². The third-order valence-corrected chi connectivity index (χ3v) is 4.70. The van der Waals surface area contributed by atoms with Gasteiger partial charge in [0.25, 0.3) is 0 Å². The lowest BCUT2D eigenvalue weighted by Gasteiger charge is -2.19. The number of hydrogen-bond acceptors (Lipinski definition) is 8. The summed E-state index contributed by atoms with van der Waals surface area (Å²) in [6.45, 7) is 0.680. The van der Waals surface area contributed by atoms with Crippen molar-refractivity contribution < 1.29 is 38.9 Å². The molecule has 0 heterocycles. The second-order valence-electron chi connectivity index (χ2n) is 5.49. The van der Waals surface area contributed by atoms with E-state index in [2.05, 4.69) is 16.0 Å². The van der Waals surface area contributed by atoms with Gasteiger partial charge in [0.2, 0.25) is 5.91 Å². The first-order chi connectivity index (χ1) is 12.7. The van der Waals surface area contributed by atoms with E-state index in [9.17, 15) is 24.0 Å². The number of nitrogens with one attached hydrogen (secondary N) is 4. The molecule has 0 bridgehead atoms. The van der Waals surface area contributed by atoms with Crippen LogP contribution in [0.3, 0.4) is 0 Å². The minimum absolute atomic E-state index is 0.0578. The van der Waals surface area contributed by atoms with Crippen LogP contribution in [0, 0.1) is 11.3 Å². The van der Waals surface area contributed by atoms with Gasteiger partial charge in [-0.25, -0.2) is 9.59 Å². The molecule has 3 amide bonds. The lowest BCUT2D eigenvalue weighted by atomic mass is 10.2. The maximum absolute atomic E-state index is 12.3.